The molecule has 2 amide bonds. The van der Waals surface area contributed by atoms with Crippen LogP contribution in [0.2, 0.25) is 0 Å². The normalized spacial score (nSPS) is 25.2. The van der Waals surface area contributed by atoms with Crippen LogP contribution in [0.3, 0.4) is 0 Å². The fourth-order valence-corrected chi connectivity index (χ4v) is 5.55. The smallest absolute Gasteiger partial charge is 0.258 e. The molecule has 0 spiro atoms. The quantitative estimate of drug-likeness (QED) is 0.177. The summed E-state index contributed by atoms with van der Waals surface area (Å²) in [4.78, 5) is 22.0. The Morgan fingerprint density at radius 2 is 1.46 bits per heavy atom. The molecule has 1 N–H and O–H groups in total. The third-order valence-corrected chi connectivity index (χ3v) is 7.86. The topological polar surface area (TPSA) is 76.1 Å². The number of phenols is 1. The molecule has 1 fully saturated rings. The fourth-order valence-electron chi connectivity index (χ4n) is 4.72. The molecule has 1 aliphatic heterocycles. The average Bonchev–Trinajstić information content (AvgIpc) is 3.03. The number of imide groups is 1. The minimum absolute atomic E-state index is 0.00548. The molecule has 13 heteroatoms. The van der Waals surface area contributed by atoms with Crippen LogP contribution < -0.4 is 14.4 Å². The first-order valence-corrected chi connectivity index (χ1v) is 11.1. The molecular formula is C24H16Cl2F5NO5. The highest BCUT2D eigenvalue weighted by molar-refractivity contribution is 6.58. The Morgan fingerprint density at radius 3 is 1.92 bits per heavy atom. The highest BCUT2D eigenvalue weighted by atomic mass is 35.5. The Bertz CT molecular complexity index is 1360. The van der Waals surface area contributed by atoms with E-state index in [-0.39, 0.29) is 33.3 Å². The van der Waals surface area contributed by atoms with Gasteiger partial charge in [0, 0.05) is 23.6 Å². The number of halogens is 7. The maximum atomic E-state index is 14.7. The number of alkyl halides is 2. The first-order valence-electron chi connectivity index (χ1n) is 10.4. The highest BCUT2D eigenvalue weighted by Gasteiger charge is 2.74. The van der Waals surface area contributed by atoms with Crippen molar-refractivity contribution < 1.29 is 46.1 Å². The van der Waals surface area contributed by atoms with Crippen molar-refractivity contribution >= 4 is 40.7 Å². The van der Waals surface area contributed by atoms with E-state index in [1.54, 1.807) is 0 Å². The van der Waals surface area contributed by atoms with Gasteiger partial charge in [-0.25, -0.2) is 26.9 Å². The van der Waals surface area contributed by atoms with Crippen molar-refractivity contribution in [2.45, 2.75) is 22.1 Å². The number of hydrogen-bond acceptors (Lipinski definition) is 5. The second-order valence-corrected chi connectivity index (χ2v) is 9.43. The van der Waals surface area contributed by atoms with Gasteiger partial charge in [-0.3, -0.25) is 9.59 Å². The molecule has 1 aliphatic carbocycles. The van der Waals surface area contributed by atoms with Crippen molar-refractivity contribution in [3.8, 4) is 17.2 Å². The third-order valence-electron chi connectivity index (χ3n) is 6.45. The van der Waals surface area contributed by atoms with Gasteiger partial charge in [-0.15, -0.1) is 23.2 Å². The lowest BCUT2D eigenvalue weighted by atomic mass is 9.68. The zero-order chi connectivity index (χ0) is 27.6. The van der Waals surface area contributed by atoms with Gasteiger partial charge in [0.25, 0.3) is 11.8 Å². The molecule has 4 rings (SSSR count). The number of methoxy groups -OCH3 is 2. The summed E-state index contributed by atoms with van der Waals surface area (Å²) in [5, 5.41) is 10.1. The van der Waals surface area contributed by atoms with E-state index >= 15 is 0 Å². The first-order chi connectivity index (χ1) is 17.3. The number of nitrogens with zero attached hydrogens (tertiary/aromatic N) is 1. The van der Waals surface area contributed by atoms with Crippen molar-refractivity contribution in [2.75, 3.05) is 19.1 Å². The molecule has 196 valence electrons. The van der Waals surface area contributed by atoms with Crippen molar-refractivity contribution in [3.63, 3.8) is 0 Å². The Morgan fingerprint density at radius 1 is 0.973 bits per heavy atom. The van der Waals surface area contributed by atoms with E-state index < -0.39 is 68.7 Å². The average molecular weight is 564 g/mol. The summed E-state index contributed by atoms with van der Waals surface area (Å²) in [7, 11) is 2.44. The summed E-state index contributed by atoms with van der Waals surface area (Å²) in [5.41, 5.74) is -1.62. The number of carbonyl (C=O) groups is 2. The van der Waals surface area contributed by atoms with Crippen LogP contribution in [0.4, 0.5) is 27.6 Å². The van der Waals surface area contributed by atoms with E-state index in [9.17, 15) is 36.6 Å². The Labute approximate surface area is 216 Å². The van der Waals surface area contributed by atoms with E-state index in [2.05, 4.69) is 6.58 Å². The molecule has 3 atom stereocenters. The number of ether oxygens (including phenoxy) is 2. The van der Waals surface area contributed by atoms with Gasteiger partial charge in [0.15, 0.2) is 33.0 Å². The molecule has 0 aromatic heterocycles. The van der Waals surface area contributed by atoms with E-state index in [4.69, 9.17) is 32.7 Å². The van der Waals surface area contributed by atoms with Crippen LogP contribution in [-0.4, -0.2) is 40.9 Å². The minimum Gasteiger partial charge on any atom is -0.508 e. The third kappa shape index (κ3) is 3.36. The summed E-state index contributed by atoms with van der Waals surface area (Å²) in [5.74, 6) is -17.1. The first kappa shape index (κ1) is 26.7. The van der Waals surface area contributed by atoms with Crippen LogP contribution in [0.1, 0.15) is 17.9 Å². The zero-order valence-electron chi connectivity index (χ0n) is 19.0. The van der Waals surface area contributed by atoms with E-state index in [1.165, 1.54) is 26.4 Å². The number of anilines is 1. The van der Waals surface area contributed by atoms with Gasteiger partial charge in [-0.1, -0.05) is 18.7 Å². The maximum Gasteiger partial charge on any atom is 0.258 e. The number of hydrogen-bond donors (Lipinski definition) is 1. The molecule has 1 saturated heterocycles. The van der Waals surface area contributed by atoms with E-state index in [1.807, 2.05) is 0 Å². The van der Waals surface area contributed by atoms with Crippen LogP contribution in [-0.2, 0) is 9.59 Å². The lowest BCUT2D eigenvalue weighted by molar-refractivity contribution is -0.122. The zero-order valence-corrected chi connectivity index (χ0v) is 20.5. The number of allylic oxidation sites excluding steroid dienone is 3. The molecule has 2 aromatic carbocycles. The molecule has 2 aromatic rings. The maximum absolute atomic E-state index is 14.7. The van der Waals surface area contributed by atoms with Gasteiger partial charge in [-0.05, 0) is 12.0 Å². The Hall–Kier alpha value is -3.31. The molecule has 37 heavy (non-hydrogen) atoms. The number of benzene rings is 2. The fraction of sp³-hybridized carbons (Fsp3) is 0.250. The van der Waals surface area contributed by atoms with Crippen molar-refractivity contribution in [1.29, 1.82) is 0 Å². The Balaban J connectivity index is 2.06. The van der Waals surface area contributed by atoms with E-state index in [0.717, 1.165) is 12.1 Å². The molecule has 0 bridgehead atoms. The summed E-state index contributed by atoms with van der Waals surface area (Å²) in [6.07, 6.45) is 2.18. The molecule has 0 saturated carbocycles. The number of phenolic OH excluding ortho intramolecular Hbond substituents is 1. The van der Waals surface area contributed by atoms with Crippen LogP contribution in [0, 0.1) is 29.1 Å². The van der Waals surface area contributed by atoms with Crippen LogP contribution in [0.15, 0.2) is 36.4 Å². The van der Waals surface area contributed by atoms with Gasteiger partial charge in [-0.2, -0.15) is 0 Å². The lowest BCUT2D eigenvalue weighted by Gasteiger charge is -2.42. The van der Waals surface area contributed by atoms with Gasteiger partial charge in [0.05, 0.1) is 14.2 Å². The second-order valence-electron chi connectivity index (χ2n) is 8.19. The minimum atomic E-state index is -2.61. The predicted molar refractivity (Wildman–Crippen MR) is 123 cm³/mol. The Kier molecular flexibility index (Phi) is 6.44. The number of rotatable bonds is 5. The largest absolute Gasteiger partial charge is 0.508 e. The molecule has 1 heterocycles. The van der Waals surface area contributed by atoms with Gasteiger partial charge < -0.3 is 14.6 Å². The monoisotopic (exact) mass is 563 g/mol. The van der Waals surface area contributed by atoms with Gasteiger partial charge in [0.2, 0.25) is 5.82 Å². The van der Waals surface area contributed by atoms with Gasteiger partial charge in [0.1, 0.15) is 22.9 Å². The molecular weight excluding hydrogens is 548 g/mol. The number of fused-ring (bicyclic) bond motifs is 1. The lowest BCUT2D eigenvalue weighted by Crippen LogP contribution is -2.55. The van der Waals surface area contributed by atoms with Crippen LogP contribution >= 0.6 is 23.2 Å². The molecule has 6 nitrogen and oxygen atoms in total. The van der Waals surface area contributed by atoms with Crippen molar-refractivity contribution in [1.82, 2.24) is 0 Å². The van der Waals surface area contributed by atoms with Crippen LogP contribution in [0.5, 0.6) is 17.2 Å². The number of aromatic hydroxyl groups is 1. The highest BCUT2D eigenvalue weighted by Crippen LogP contribution is 2.62. The summed E-state index contributed by atoms with van der Waals surface area (Å²) >= 11 is 13.5. The summed E-state index contributed by atoms with van der Waals surface area (Å²) in [6.45, 7) is 3.67. The SMILES string of the molecule is C=CC1=CC[C@@]2(Cl)C(=O)N(c3c(F)c(F)c(F)c(F)c3F)C(=O)[C@@]2(Cl)[C@H]1c1c(OC)cc(O)cc1OC. The summed E-state index contributed by atoms with van der Waals surface area (Å²) < 4.78 is 81.8. The van der Waals surface area contributed by atoms with Crippen molar-refractivity contribution in [3.05, 3.63) is 71.1 Å². The molecule has 0 unspecified atom stereocenters. The molecule has 2 aliphatic rings. The second kappa shape index (κ2) is 8.91. The van der Waals surface area contributed by atoms with Gasteiger partial charge >= 0.3 is 0 Å². The number of carbonyl (C=O) groups excluding carboxylic acids is 2. The molecule has 0 radical (unpaired) electrons. The van der Waals surface area contributed by atoms with Crippen molar-refractivity contribution in [2.24, 2.45) is 0 Å². The summed E-state index contributed by atoms with van der Waals surface area (Å²) in [6, 6.07) is 2.29. The number of amides is 2. The van der Waals surface area contributed by atoms with Crippen LogP contribution in [0.25, 0.3) is 0 Å². The van der Waals surface area contributed by atoms with E-state index in [0.29, 0.717) is 0 Å². The predicted octanol–water partition coefficient (Wildman–Crippen LogP) is 5.23. The standard InChI is InChI=1S/C24H16Cl2F5NO5/c1-4-9-5-6-23(25)21(34)32(20-18(30)16(28)15(27)17(29)19(20)31)22(35)24(23,26)14(9)13-11(36-2)7-10(33)8-12(13)37-3/h4-5,7-8,14,33H,1,6H2,2-3H3/t14-,23-,24+/m1/s1.